The van der Waals surface area contributed by atoms with Crippen LogP contribution in [0.4, 0.5) is 0 Å². The highest BCUT2D eigenvalue weighted by Crippen LogP contribution is 2.18. The van der Waals surface area contributed by atoms with E-state index in [9.17, 15) is 0 Å². The predicted octanol–water partition coefficient (Wildman–Crippen LogP) is 2.13. The van der Waals surface area contributed by atoms with Crippen molar-refractivity contribution in [1.29, 1.82) is 0 Å². The molecule has 4 nitrogen and oxygen atoms in total. The van der Waals surface area contributed by atoms with Crippen molar-refractivity contribution in [1.82, 2.24) is 15.4 Å². The lowest BCUT2D eigenvalue weighted by molar-refractivity contribution is 0.175. The molecule has 1 atom stereocenters. The number of hydrogen-bond donors (Lipinski definition) is 1. The van der Waals surface area contributed by atoms with Crippen molar-refractivity contribution < 1.29 is 4.52 Å². The molecular formula is C15H19N3O. The Morgan fingerprint density at radius 3 is 2.95 bits per heavy atom. The Hall–Kier alpha value is -1.65. The van der Waals surface area contributed by atoms with Crippen LogP contribution in [0.1, 0.15) is 23.1 Å². The van der Waals surface area contributed by atoms with Crippen molar-refractivity contribution in [3.05, 3.63) is 53.4 Å². The first-order chi connectivity index (χ1) is 9.31. The van der Waals surface area contributed by atoms with Crippen molar-refractivity contribution in [3.8, 4) is 0 Å². The fourth-order valence-corrected chi connectivity index (χ4v) is 2.57. The second-order valence-electron chi connectivity index (χ2n) is 5.09. The quantitative estimate of drug-likeness (QED) is 0.914. The molecule has 1 aliphatic heterocycles. The molecule has 0 spiro atoms. The Morgan fingerprint density at radius 2 is 2.21 bits per heavy atom. The summed E-state index contributed by atoms with van der Waals surface area (Å²) in [5, 5.41) is 7.51. The number of nitrogens with zero attached hydrogens (tertiary/aromatic N) is 2. The first-order valence-corrected chi connectivity index (χ1v) is 6.74. The van der Waals surface area contributed by atoms with Gasteiger partial charge in [-0.15, -0.1) is 0 Å². The van der Waals surface area contributed by atoms with Crippen LogP contribution in [-0.4, -0.2) is 29.7 Å². The molecule has 3 rings (SSSR count). The Kier molecular flexibility index (Phi) is 3.62. The van der Waals surface area contributed by atoms with Gasteiger partial charge in [-0.25, -0.2) is 0 Å². The summed E-state index contributed by atoms with van der Waals surface area (Å²) in [6.07, 6.45) is 0. The van der Waals surface area contributed by atoms with Crippen LogP contribution in [0, 0.1) is 6.92 Å². The van der Waals surface area contributed by atoms with Crippen LogP contribution in [-0.2, 0) is 6.54 Å². The Bertz CT molecular complexity index is 523. The number of aryl methyl sites for hydroxylation is 1. The maximum atomic E-state index is 5.30. The van der Waals surface area contributed by atoms with Crippen LogP contribution in [0.3, 0.4) is 0 Å². The van der Waals surface area contributed by atoms with E-state index in [0.29, 0.717) is 6.04 Å². The highest BCUT2D eigenvalue weighted by Gasteiger charge is 2.21. The van der Waals surface area contributed by atoms with Gasteiger partial charge in [-0.1, -0.05) is 35.5 Å². The van der Waals surface area contributed by atoms with Crippen LogP contribution in [0.2, 0.25) is 0 Å². The van der Waals surface area contributed by atoms with Gasteiger partial charge in [-0.2, -0.15) is 0 Å². The van der Waals surface area contributed by atoms with E-state index in [1.54, 1.807) is 0 Å². The molecule has 4 heteroatoms. The lowest BCUT2D eigenvalue weighted by Crippen LogP contribution is -2.45. The molecule has 0 amide bonds. The minimum Gasteiger partial charge on any atom is -0.360 e. The van der Waals surface area contributed by atoms with Crippen LogP contribution in [0.15, 0.2) is 40.9 Å². The Morgan fingerprint density at radius 1 is 1.37 bits per heavy atom. The van der Waals surface area contributed by atoms with Crippen molar-refractivity contribution in [2.45, 2.75) is 19.5 Å². The standard InChI is InChI=1S/C15H19N3O/c1-12-9-14(19-17-12)10-18-8-7-16-15(11-18)13-5-3-2-4-6-13/h2-6,9,15-16H,7-8,10-11H2,1H3. The van der Waals surface area contributed by atoms with Gasteiger partial charge >= 0.3 is 0 Å². The van der Waals surface area contributed by atoms with Gasteiger partial charge in [0.05, 0.1) is 12.2 Å². The van der Waals surface area contributed by atoms with Crippen LogP contribution >= 0.6 is 0 Å². The highest BCUT2D eigenvalue weighted by atomic mass is 16.5. The number of benzene rings is 1. The second kappa shape index (κ2) is 5.55. The number of hydrogen-bond acceptors (Lipinski definition) is 4. The van der Waals surface area contributed by atoms with Crippen molar-refractivity contribution in [3.63, 3.8) is 0 Å². The van der Waals surface area contributed by atoms with E-state index >= 15 is 0 Å². The summed E-state index contributed by atoms with van der Waals surface area (Å²) < 4.78 is 5.30. The highest BCUT2D eigenvalue weighted by molar-refractivity contribution is 5.20. The van der Waals surface area contributed by atoms with Gasteiger partial charge < -0.3 is 9.84 Å². The van der Waals surface area contributed by atoms with E-state index in [1.807, 2.05) is 13.0 Å². The van der Waals surface area contributed by atoms with E-state index < -0.39 is 0 Å². The van der Waals surface area contributed by atoms with Gasteiger partial charge in [-0.3, -0.25) is 4.90 Å². The maximum absolute atomic E-state index is 5.30. The molecule has 0 bridgehead atoms. The molecule has 2 heterocycles. The topological polar surface area (TPSA) is 41.3 Å². The summed E-state index contributed by atoms with van der Waals surface area (Å²) in [5.74, 6) is 0.950. The van der Waals surface area contributed by atoms with Gasteiger partial charge in [0.2, 0.25) is 0 Å². The SMILES string of the molecule is Cc1cc(CN2CCNC(c3ccccc3)C2)on1. The summed E-state index contributed by atoms with van der Waals surface area (Å²) in [6, 6.07) is 13.0. The zero-order valence-corrected chi connectivity index (χ0v) is 11.2. The molecule has 1 aromatic carbocycles. The lowest BCUT2D eigenvalue weighted by Gasteiger charge is -2.33. The molecule has 100 valence electrons. The largest absolute Gasteiger partial charge is 0.360 e. The third kappa shape index (κ3) is 3.03. The molecule has 0 radical (unpaired) electrons. The molecule has 1 unspecified atom stereocenters. The van der Waals surface area contributed by atoms with E-state index in [-0.39, 0.29) is 0 Å². The molecular weight excluding hydrogens is 238 g/mol. The zero-order chi connectivity index (χ0) is 13.1. The molecule has 0 saturated carbocycles. The molecule has 0 aliphatic carbocycles. The molecule has 1 fully saturated rings. The maximum Gasteiger partial charge on any atom is 0.150 e. The number of aromatic nitrogens is 1. The van der Waals surface area contributed by atoms with E-state index in [1.165, 1.54) is 5.56 Å². The van der Waals surface area contributed by atoms with E-state index in [0.717, 1.165) is 37.6 Å². The molecule has 1 aliphatic rings. The summed E-state index contributed by atoms with van der Waals surface area (Å²) in [7, 11) is 0. The number of piperazine rings is 1. The van der Waals surface area contributed by atoms with Crippen LogP contribution < -0.4 is 5.32 Å². The van der Waals surface area contributed by atoms with Crippen LogP contribution in [0.25, 0.3) is 0 Å². The molecule has 1 saturated heterocycles. The van der Waals surface area contributed by atoms with Gasteiger partial charge in [0.25, 0.3) is 0 Å². The second-order valence-corrected chi connectivity index (χ2v) is 5.09. The number of rotatable bonds is 3. The van der Waals surface area contributed by atoms with Crippen molar-refractivity contribution in [2.24, 2.45) is 0 Å². The lowest BCUT2D eigenvalue weighted by atomic mass is 10.0. The zero-order valence-electron chi connectivity index (χ0n) is 11.2. The average molecular weight is 257 g/mol. The predicted molar refractivity (Wildman–Crippen MR) is 73.7 cm³/mol. The fraction of sp³-hybridized carbons (Fsp3) is 0.400. The first kappa shape index (κ1) is 12.4. The van der Waals surface area contributed by atoms with Crippen LogP contribution in [0.5, 0.6) is 0 Å². The third-order valence-electron chi connectivity index (χ3n) is 3.52. The van der Waals surface area contributed by atoms with Gasteiger partial charge in [0.15, 0.2) is 5.76 Å². The van der Waals surface area contributed by atoms with Gasteiger partial charge in [0.1, 0.15) is 0 Å². The van der Waals surface area contributed by atoms with E-state index in [2.05, 4.69) is 45.7 Å². The monoisotopic (exact) mass is 257 g/mol. The van der Waals surface area contributed by atoms with Crippen molar-refractivity contribution >= 4 is 0 Å². The molecule has 1 N–H and O–H groups in total. The van der Waals surface area contributed by atoms with Gasteiger partial charge in [0, 0.05) is 31.7 Å². The smallest absolute Gasteiger partial charge is 0.150 e. The first-order valence-electron chi connectivity index (χ1n) is 6.74. The normalized spacial score (nSPS) is 20.6. The minimum absolute atomic E-state index is 0.402. The molecule has 2 aromatic rings. The number of nitrogens with one attached hydrogen (secondary N) is 1. The average Bonchev–Trinajstić information content (AvgIpc) is 2.85. The van der Waals surface area contributed by atoms with Gasteiger partial charge in [-0.05, 0) is 12.5 Å². The van der Waals surface area contributed by atoms with E-state index in [4.69, 9.17) is 4.52 Å². The summed E-state index contributed by atoms with van der Waals surface area (Å²) in [4.78, 5) is 2.41. The minimum atomic E-state index is 0.402. The molecule has 19 heavy (non-hydrogen) atoms. The Balaban J connectivity index is 1.65. The summed E-state index contributed by atoms with van der Waals surface area (Å²) >= 11 is 0. The Labute approximate surface area is 113 Å². The van der Waals surface area contributed by atoms with Crippen molar-refractivity contribution in [2.75, 3.05) is 19.6 Å². The summed E-state index contributed by atoms with van der Waals surface area (Å²) in [6.45, 7) is 5.85. The molecule has 1 aromatic heterocycles. The fourth-order valence-electron chi connectivity index (χ4n) is 2.57. The third-order valence-corrected chi connectivity index (χ3v) is 3.52. The summed E-state index contributed by atoms with van der Waals surface area (Å²) in [5.41, 5.74) is 2.30.